The van der Waals surface area contributed by atoms with E-state index in [2.05, 4.69) is 29.8 Å². The van der Waals surface area contributed by atoms with Gasteiger partial charge in [0.25, 0.3) is 0 Å². The molecule has 0 amide bonds. The maximum absolute atomic E-state index is 3.53. The summed E-state index contributed by atoms with van der Waals surface area (Å²) in [6, 6.07) is 0. The molecule has 1 heteroatoms. The van der Waals surface area contributed by atoms with Gasteiger partial charge in [0.15, 0.2) is 0 Å². The van der Waals surface area contributed by atoms with E-state index in [-0.39, 0.29) is 0 Å². The number of hydrogen-bond donors (Lipinski definition) is 0. The molecule has 0 unspecified atom stereocenters. The van der Waals surface area contributed by atoms with Crippen molar-refractivity contribution in [3.05, 3.63) is 0 Å². The summed E-state index contributed by atoms with van der Waals surface area (Å²) < 4.78 is 0. The summed E-state index contributed by atoms with van der Waals surface area (Å²) >= 11 is 3.53. The molecule has 0 rings (SSSR count). The molecule has 1 atom stereocenters. The highest BCUT2D eigenvalue weighted by Gasteiger charge is 1.98. The van der Waals surface area contributed by atoms with Crippen LogP contribution in [-0.2, 0) is 0 Å². The minimum absolute atomic E-state index is 0.870. The predicted octanol–water partition coefficient (Wildman–Crippen LogP) is 5.55. The van der Waals surface area contributed by atoms with Gasteiger partial charge < -0.3 is 0 Å². The van der Waals surface area contributed by atoms with Crippen molar-refractivity contribution in [3.8, 4) is 0 Å². The Labute approximate surface area is 99.0 Å². The Morgan fingerprint density at radius 2 is 1.36 bits per heavy atom. The van der Waals surface area contributed by atoms with Gasteiger partial charge in [-0.3, -0.25) is 0 Å². The van der Waals surface area contributed by atoms with Crippen molar-refractivity contribution < 1.29 is 0 Å². The van der Waals surface area contributed by atoms with Gasteiger partial charge in [-0.2, -0.15) is 0 Å². The lowest BCUT2D eigenvalue weighted by Gasteiger charge is -2.06. The Balaban J connectivity index is 2.92. The number of rotatable bonds is 10. The van der Waals surface area contributed by atoms with Crippen molar-refractivity contribution in [2.45, 2.75) is 71.6 Å². The molecular weight excluding hydrogens is 236 g/mol. The van der Waals surface area contributed by atoms with Gasteiger partial charge in [-0.1, -0.05) is 81.1 Å². The van der Waals surface area contributed by atoms with Crippen LogP contribution < -0.4 is 0 Å². The Hall–Kier alpha value is 0.480. The summed E-state index contributed by atoms with van der Waals surface area (Å²) in [5, 5.41) is 1.17. The van der Waals surface area contributed by atoms with E-state index in [9.17, 15) is 0 Å². The third-order valence-corrected chi connectivity index (χ3v) is 3.92. The molecule has 14 heavy (non-hydrogen) atoms. The normalized spacial score (nSPS) is 13.1. The van der Waals surface area contributed by atoms with Crippen molar-refractivity contribution in [2.24, 2.45) is 5.92 Å². The summed E-state index contributed by atoms with van der Waals surface area (Å²) in [5.74, 6) is 0.870. The Morgan fingerprint density at radius 1 is 0.857 bits per heavy atom. The van der Waals surface area contributed by atoms with Crippen LogP contribution >= 0.6 is 15.9 Å². The Bertz CT molecular complexity index is 101. The monoisotopic (exact) mass is 262 g/mol. The lowest BCUT2D eigenvalue weighted by atomic mass is 10.0. The van der Waals surface area contributed by atoms with Crippen molar-refractivity contribution in [1.82, 2.24) is 0 Å². The van der Waals surface area contributed by atoms with Gasteiger partial charge in [0.1, 0.15) is 0 Å². The Morgan fingerprint density at radius 3 is 1.86 bits per heavy atom. The number of hydrogen-bond acceptors (Lipinski definition) is 0. The molecule has 0 saturated heterocycles. The molecule has 0 aliphatic carbocycles. The van der Waals surface area contributed by atoms with Crippen LogP contribution in [0.15, 0.2) is 0 Å². The van der Waals surface area contributed by atoms with Crippen LogP contribution in [0.3, 0.4) is 0 Å². The molecule has 0 aliphatic rings. The highest BCUT2D eigenvalue weighted by atomic mass is 79.9. The lowest BCUT2D eigenvalue weighted by Crippen LogP contribution is -1.94. The zero-order valence-electron chi connectivity index (χ0n) is 10.0. The first-order chi connectivity index (χ1) is 6.81. The highest BCUT2D eigenvalue weighted by molar-refractivity contribution is 9.09. The predicted molar refractivity (Wildman–Crippen MR) is 70.2 cm³/mol. The fourth-order valence-electron chi connectivity index (χ4n) is 1.70. The molecular formula is C13H27Br. The molecule has 0 spiro atoms. The van der Waals surface area contributed by atoms with Crippen molar-refractivity contribution >= 4 is 15.9 Å². The second-order valence-corrected chi connectivity index (χ2v) is 5.17. The maximum Gasteiger partial charge on any atom is 0.00570 e. The average Bonchev–Trinajstić information content (AvgIpc) is 2.21. The van der Waals surface area contributed by atoms with Crippen LogP contribution in [-0.4, -0.2) is 5.33 Å². The molecule has 0 radical (unpaired) electrons. The van der Waals surface area contributed by atoms with Gasteiger partial charge in [-0.05, 0) is 12.3 Å². The molecule has 0 aromatic carbocycles. The van der Waals surface area contributed by atoms with Crippen molar-refractivity contribution in [2.75, 3.05) is 5.33 Å². The first kappa shape index (κ1) is 14.5. The van der Waals surface area contributed by atoms with Crippen molar-refractivity contribution in [3.63, 3.8) is 0 Å². The largest absolute Gasteiger partial charge is 0.0925 e. The van der Waals surface area contributed by atoms with E-state index in [1.54, 1.807) is 0 Å². The van der Waals surface area contributed by atoms with E-state index in [1.165, 1.54) is 63.1 Å². The zero-order valence-corrected chi connectivity index (χ0v) is 11.6. The van der Waals surface area contributed by atoms with Crippen molar-refractivity contribution in [1.29, 1.82) is 0 Å². The molecule has 0 aromatic heterocycles. The molecule has 0 fully saturated rings. The second kappa shape index (κ2) is 11.6. The SMILES string of the molecule is CCCCCCCCCC[C@@H](C)CBr. The van der Waals surface area contributed by atoms with Crippen LogP contribution in [0.1, 0.15) is 71.6 Å². The number of halogens is 1. The third-order valence-electron chi connectivity index (χ3n) is 2.81. The minimum Gasteiger partial charge on any atom is -0.0925 e. The molecule has 0 bridgehead atoms. The zero-order chi connectivity index (χ0) is 10.6. The molecule has 0 nitrogen and oxygen atoms in total. The van der Waals surface area contributed by atoms with Crippen LogP contribution in [0.5, 0.6) is 0 Å². The smallest absolute Gasteiger partial charge is 0.00570 e. The fraction of sp³-hybridized carbons (Fsp3) is 1.00. The molecule has 0 saturated carbocycles. The summed E-state index contributed by atoms with van der Waals surface area (Å²) in [6.07, 6.45) is 12.9. The standard InChI is InChI=1S/C13H27Br/c1-3-4-5-6-7-8-9-10-11-13(2)12-14/h13H,3-12H2,1-2H3/t13-/m1/s1. The van der Waals surface area contributed by atoms with E-state index in [0.29, 0.717) is 0 Å². The van der Waals surface area contributed by atoms with Gasteiger partial charge in [0.05, 0.1) is 0 Å². The molecule has 86 valence electrons. The van der Waals surface area contributed by atoms with Crippen LogP contribution in [0, 0.1) is 5.92 Å². The molecule has 0 aromatic rings. The van der Waals surface area contributed by atoms with Gasteiger partial charge >= 0.3 is 0 Å². The molecule has 0 heterocycles. The van der Waals surface area contributed by atoms with E-state index in [1.807, 2.05) is 0 Å². The quantitative estimate of drug-likeness (QED) is 0.358. The maximum atomic E-state index is 3.53. The fourth-order valence-corrected chi connectivity index (χ4v) is 2.03. The first-order valence-corrected chi connectivity index (χ1v) is 7.49. The summed E-state index contributed by atoms with van der Waals surface area (Å²) in [5.41, 5.74) is 0. The van der Waals surface area contributed by atoms with E-state index in [0.717, 1.165) is 5.92 Å². The van der Waals surface area contributed by atoms with Crippen LogP contribution in [0.25, 0.3) is 0 Å². The first-order valence-electron chi connectivity index (χ1n) is 6.37. The van der Waals surface area contributed by atoms with E-state index in [4.69, 9.17) is 0 Å². The second-order valence-electron chi connectivity index (χ2n) is 4.52. The van der Waals surface area contributed by atoms with Gasteiger partial charge in [0.2, 0.25) is 0 Å². The lowest BCUT2D eigenvalue weighted by molar-refractivity contribution is 0.514. The summed E-state index contributed by atoms with van der Waals surface area (Å²) in [6.45, 7) is 4.61. The number of alkyl halides is 1. The molecule has 0 aliphatic heterocycles. The van der Waals surface area contributed by atoms with Gasteiger partial charge in [-0.15, -0.1) is 0 Å². The average molecular weight is 263 g/mol. The summed E-state index contributed by atoms with van der Waals surface area (Å²) in [4.78, 5) is 0. The minimum atomic E-state index is 0.870. The third kappa shape index (κ3) is 10.6. The van der Waals surface area contributed by atoms with E-state index >= 15 is 0 Å². The Kier molecular flexibility index (Phi) is 12.0. The van der Waals surface area contributed by atoms with Gasteiger partial charge in [0, 0.05) is 5.33 Å². The van der Waals surface area contributed by atoms with Gasteiger partial charge in [-0.25, -0.2) is 0 Å². The number of unbranched alkanes of at least 4 members (excludes halogenated alkanes) is 7. The highest BCUT2D eigenvalue weighted by Crippen LogP contribution is 2.14. The molecule has 0 N–H and O–H groups in total. The van der Waals surface area contributed by atoms with E-state index < -0.39 is 0 Å². The van der Waals surface area contributed by atoms with Crippen LogP contribution in [0.4, 0.5) is 0 Å². The topological polar surface area (TPSA) is 0 Å². The van der Waals surface area contributed by atoms with Crippen LogP contribution in [0.2, 0.25) is 0 Å². The summed E-state index contributed by atoms with van der Waals surface area (Å²) in [7, 11) is 0.